The predicted octanol–water partition coefficient (Wildman–Crippen LogP) is 4.67. The number of carbonyl (C=O) groups is 2. The number of anilines is 1. The van der Waals surface area contributed by atoms with Crippen LogP contribution >= 0.6 is 34.9 Å². The lowest BCUT2D eigenvalue weighted by molar-refractivity contribution is -0.384. The van der Waals surface area contributed by atoms with Crippen molar-refractivity contribution < 1.29 is 14.5 Å². The van der Waals surface area contributed by atoms with Gasteiger partial charge in [0, 0.05) is 52.8 Å². The topological polar surface area (TPSA) is 132 Å². The minimum atomic E-state index is -0.503. The molecule has 2 heterocycles. The molecule has 13 heteroatoms. The molecule has 2 aromatic heterocycles. The molecule has 2 amide bonds. The number of hydrogen-bond acceptors (Lipinski definition) is 9. The minimum Gasteiger partial charge on any atom is -0.350 e. The molecule has 0 saturated heterocycles. The zero-order valence-corrected chi connectivity index (χ0v) is 21.6. The zero-order valence-electron chi connectivity index (χ0n) is 19.2. The van der Waals surface area contributed by atoms with Crippen LogP contribution in [-0.4, -0.2) is 49.6 Å². The third kappa shape index (κ3) is 6.42. The number of fused-ring (bicyclic) bond motifs is 1. The molecule has 0 radical (unpaired) electrons. The molecule has 0 bridgehead atoms. The van der Waals surface area contributed by atoms with Crippen LogP contribution < -0.4 is 10.6 Å². The third-order valence-corrected chi connectivity index (χ3v) is 7.91. The van der Waals surface area contributed by atoms with E-state index in [9.17, 15) is 19.7 Å². The molecule has 0 spiro atoms. The zero-order chi connectivity index (χ0) is 25.5. The van der Waals surface area contributed by atoms with Gasteiger partial charge in [0.25, 0.3) is 11.6 Å². The minimum absolute atomic E-state index is 0.0624. The van der Waals surface area contributed by atoms with Crippen molar-refractivity contribution in [1.82, 2.24) is 20.1 Å². The normalized spacial score (nSPS) is 10.9. The van der Waals surface area contributed by atoms with Gasteiger partial charge < -0.3 is 9.88 Å². The van der Waals surface area contributed by atoms with Crippen LogP contribution in [0.15, 0.2) is 64.0 Å². The SMILES string of the molecule is CCSc1nnc(NC(=O)CSc2cn(CCNC(=O)c3ccc([N+](=O)[O-])cc3)c3ccccc23)s1. The number of carbonyl (C=O) groups excluding carboxylic acids is 2. The van der Waals surface area contributed by atoms with E-state index in [-0.39, 0.29) is 23.3 Å². The van der Waals surface area contributed by atoms with Gasteiger partial charge in [0.05, 0.1) is 10.7 Å². The van der Waals surface area contributed by atoms with Crippen molar-refractivity contribution in [2.45, 2.75) is 22.7 Å². The molecule has 4 rings (SSSR count). The van der Waals surface area contributed by atoms with Crippen LogP contribution in [-0.2, 0) is 11.3 Å². The molecule has 186 valence electrons. The van der Waals surface area contributed by atoms with Crippen LogP contribution in [0.25, 0.3) is 10.9 Å². The second-order valence-corrected chi connectivity index (χ2v) is 10.9. The van der Waals surface area contributed by atoms with Crippen LogP contribution in [0.3, 0.4) is 0 Å². The van der Waals surface area contributed by atoms with E-state index < -0.39 is 4.92 Å². The number of para-hydroxylation sites is 1. The molecule has 10 nitrogen and oxygen atoms in total. The first-order chi connectivity index (χ1) is 17.4. The number of aromatic nitrogens is 3. The van der Waals surface area contributed by atoms with Crippen LogP contribution in [0.2, 0.25) is 0 Å². The standard InChI is InChI=1S/C23H22N6O4S3/c1-2-34-23-27-26-22(36-23)25-20(30)14-35-19-13-28(18-6-4-3-5-17(18)19)12-11-24-21(31)15-7-9-16(10-8-15)29(32)33/h3-10,13H,2,11-12,14H2,1H3,(H,24,31)(H,25,26,30). The van der Waals surface area contributed by atoms with Crippen molar-refractivity contribution in [2.75, 3.05) is 23.4 Å². The van der Waals surface area contributed by atoms with Crippen LogP contribution in [0.1, 0.15) is 17.3 Å². The van der Waals surface area contributed by atoms with Crippen LogP contribution in [0, 0.1) is 10.1 Å². The molecule has 0 fully saturated rings. The Morgan fingerprint density at radius 3 is 2.64 bits per heavy atom. The predicted molar refractivity (Wildman–Crippen MR) is 143 cm³/mol. The monoisotopic (exact) mass is 542 g/mol. The summed E-state index contributed by atoms with van der Waals surface area (Å²) < 4.78 is 2.86. The fourth-order valence-electron chi connectivity index (χ4n) is 3.38. The van der Waals surface area contributed by atoms with E-state index in [1.807, 2.05) is 42.0 Å². The van der Waals surface area contributed by atoms with E-state index in [0.29, 0.717) is 23.8 Å². The highest BCUT2D eigenvalue weighted by Crippen LogP contribution is 2.30. The maximum atomic E-state index is 12.4. The smallest absolute Gasteiger partial charge is 0.269 e. The maximum absolute atomic E-state index is 12.4. The Balaban J connectivity index is 1.35. The number of non-ortho nitro benzene ring substituents is 1. The molecule has 0 aliphatic rings. The third-order valence-electron chi connectivity index (χ3n) is 5.01. The van der Waals surface area contributed by atoms with Gasteiger partial charge in [0.2, 0.25) is 11.0 Å². The van der Waals surface area contributed by atoms with Gasteiger partial charge in [-0.25, -0.2) is 0 Å². The molecule has 0 saturated carbocycles. The number of hydrogen-bond donors (Lipinski definition) is 2. The number of nitrogens with zero attached hydrogens (tertiary/aromatic N) is 4. The number of nitro groups is 1. The molecule has 4 aromatic rings. The van der Waals surface area contributed by atoms with E-state index in [0.717, 1.165) is 25.9 Å². The number of rotatable bonds is 11. The van der Waals surface area contributed by atoms with Gasteiger partial charge in [-0.1, -0.05) is 48.2 Å². The lowest BCUT2D eigenvalue weighted by atomic mass is 10.2. The van der Waals surface area contributed by atoms with E-state index in [2.05, 4.69) is 20.8 Å². The number of nitro benzene ring substituents is 1. The molecule has 0 atom stereocenters. The Morgan fingerprint density at radius 2 is 1.89 bits per heavy atom. The summed E-state index contributed by atoms with van der Waals surface area (Å²) in [6.45, 7) is 2.92. The van der Waals surface area contributed by atoms with Gasteiger partial charge in [-0.3, -0.25) is 25.0 Å². The van der Waals surface area contributed by atoms with Crippen LogP contribution in [0.5, 0.6) is 0 Å². The number of thioether (sulfide) groups is 2. The molecule has 36 heavy (non-hydrogen) atoms. The largest absolute Gasteiger partial charge is 0.350 e. The number of amides is 2. The molecule has 2 aromatic carbocycles. The van der Waals surface area contributed by atoms with Gasteiger partial charge in [0.1, 0.15) is 0 Å². The van der Waals surface area contributed by atoms with Crippen LogP contribution in [0.4, 0.5) is 10.8 Å². The molecular weight excluding hydrogens is 520 g/mol. The van der Waals surface area contributed by atoms with Gasteiger partial charge in [-0.05, 0) is 24.0 Å². The summed E-state index contributed by atoms with van der Waals surface area (Å²) >= 11 is 4.37. The maximum Gasteiger partial charge on any atom is 0.269 e. The van der Waals surface area contributed by atoms with Crippen molar-refractivity contribution >= 4 is 68.4 Å². The molecule has 0 aliphatic heterocycles. The summed E-state index contributed by atoms with van der Waals surface area (Å²) in [4.78, 5) is 36.1. The van der Waals surface area contributed by atoms with E-state index in [4.69, 9.17) is 0 Å². The first-order valence-corrected chi connectivity index (χ1v) is 13.7. The second-order valence-electron chi connectivity index (χ2n) is 7.41. The Hall–Kier alpha value is -3.42. The van der Waals surface area contributed by atoms with E-state index in [1.54, 1.807) is 11.8 Å². The van der Waals surface area contributed by atoms with E-state index >= 15 is 0 Å². The fraction of sp³-hybridized carbons (Fsp3) is 0.217. The summed E-state index contributed by atoms with van der Waals surface area (Å²) in [5.41, 5.74) is 1.29. The van der Waals surface area contributed by atoms with Gasteiger partial charge >= 0.3 is 0 Å². The summed E-state index contributed by atoms with van der Waals surface area (Å²) in [5, 5.41) is 26.0. The number of nitrogens with one attached hydrogen (secondary N) is 2. The van der Waals surface area contributed by atoms with Crippen molar-refractivity contribution in [1.29, 1.82) is 0 Å². The highest BCUT2D eigenvalue weighted by Gasteiger charge is 2.14. The molecule has 0 aliphatic carbocycles. The lowest BCUT2D eigenvalue weighted by Crippen LogP contribution is -2.27. The average molecular weight is 543 g/mol. The quantitative estimate of drug-likeness (QED) is 0.121. The van der Waals surface area contributed by atoms with Gasteiger partial charge in [-0.15, -0.1) is 22.0 Å². The first-order valence-electron chi connectivity index (χ1n) is 10.9. The van der Waals surface area contributed by atoms with E-state index in [1.165, 1.54) is 47.4 Å². The molecule has 2 N–H and O–H groups in total. The fourth-order valence-corrected chi connectivity index (χ4v) is 5.93. The highest BCUT2D eigenvalue weighted by atomic mass is 32.2. The first kappa shape index (κ1) is 25.7. The highest BCUT2D eigenvalue weighted by molar-refractivity contribution is 8.01. The van der Waals surface area contributed by atoms with Gasteiger partial charge in [-0.2, -0.15) is 0 Å². The second kappa shape index (κ2) is 12.0. The lowest BCUT2D eigenvalue weighted by Gasteiger charge is -2.07. The van der Waals surface area contributed by atoms with Crippen molar-refractivity contribution in [3.63, 3.8) is 0 Å². The Bertz CT molecular complexity index is 1390. The van der Waals surface area contributed by atoms with Gasteiger partial charge in [0.15, 0.2) is 4.34 Å². The van der Waals surface area contributed by atoms with Crippen molar-refractivity contribution in [3.05, 3.63) is 70.4 Å². The summed E-state index contributed by atoms with van der Waals surface area (Å²) in [6, 6.07) is 13.4. The van der Waals surface area contributed by atoms with Crippen molar-refractivity contribution in [3.8, 4) is 0 Å². The molecular formula is C23H22N6O4S3. The number of benzene rings is 2. The Kier molecular flexibility index (Phi) is 8.57. The summed E-state index contributed by atoms with van der Waals surface area (Å²) in [7, 11) is 0. The summed E-state index contributed by atoms with van der Waals surface area (Å²) in [5.74, 6) is 0.658. The Morgan fingerprint density at radius 1 is 1.11 bits per heavy atom. The Labute approximate surface area is 219 Å². The van der Waals surface area contributed by atoms with Crippen molar-refractivity contribution in [2.24, 2.45) is 0 Å². The summed E-state index contributed by atoms with van der Waals surface area (Å²) in [6.07, 6.45) is 1.97. The molecule has 0 unspecified atom stereocenters. The average Bonchev–Trinajstić information content (AvgIpc) is 3.47.